The Balaban J connectivity index is 2.01. The summed E-state index contributed by atoms with van der Waals surface area (Å²) in [6.07, 6.45) is 8.51. The van der Waals surface area contributed by atoms with Crippen LogP contribution in [0.3, 0.4) is 0 Å². The maximum atomic E-state index is 11.6. The van der Waals surface area contributed by atoms with Crippen molar-refractivity contribution >= 4 is 5.91 Å². The fourth-order valence-corrected chi connectivity index (χ4v) is 2.75. The molecule has 0 spiro atoms. The zero-order valence-electron chi connectivity index (χ0n) is 8.01. The van der Waals surface area contributed by atoms with Crippen molar-refractivity contribution in [3.63, 3.8) is 0 Å². The average molecular weight is 182 g/mol. The van der Waals surface area contributed by atoms with Crippen molar-refractivity contribution in [1.82, 2.24) is 5.43 Å². The zero-order chi connectivity index (χ0) is 9.31. The number of hydrogen-bond acceptors (Lipinski definition) is 2. The lowest BCUT2D eigenvalue weighted by Gasteiger charge is -2.28. The van der Waals surface area contributed by atoms with Crippen molar-refractivity contribution in [2.45, 2.75) is 44.9 Å². The van der Waals surface area contributed by atoms with Gasteiger partial charge in [0.2, 0.25) is 5.91 Å². The lowest BCUT2D eigenvalue weighted by Crippen LogP contribution is -2.41. The molecule has 0 atom stereocenters. The summed E-state index contributed by atoms with van der Waals surface area (Å²) in [5.74, 6) is 5.90. The fourth-order valence-electron chi connectivity index (χ4n) is 2.75. The summed E-state index contributed by atoms with van der Waals surface area (Å²) >= 11 is 0. The van der Waals surface area contributed by atoms with E-state index in [0.717, 1.165) is 12.8 Å². The van der Waals surface area contributed by atoms with Gasteiger partial charge in [-0.05, 0) is 31.6 Å². The molecule has 13 heavy (non-hydrogen) atoms. The topological polar surface area (TPSA) is 55.1 Å². The predicted molar refractivity (Wildman–Crippen MR) is 50.6 cm³/mol. The largest absolute Gasteiger partial charge is 0.294 e. The molecule has 0 bridgehead atoms. The number of carbonyl (C=O) groups is 1. The molecule has 0 aromatic carbocycles. The van der Waals surface area contributed by atoms with Gasteiger partial charge in [0, 0.05) is 0 Å². The molecule has 0 unspecified atom stereocenters. The van der Waals surface area contributed by atoms with Crippen LogP contribution in [0.25, 0.3) is 0 Å². The second-order valence-electron chi connectivity index (χ2n) is 4.46. The van der Waals surface area contributed by atoms with E-state index in [1.54, 1.807) is 0 Å². The van der Waals surface area contributed by atoms with E-state index in [1.807, 2.05) is 0 Å². The minimum atomic E-state index is -0.0465. The van der Waals surface area contributed by atoms with Gasteiger partial charge < -0.3 is 0 Å². The Labute approximate surface area is 79.0 Å². The summed E-state index contributed by atoms with van der Waals surface area (Å²) in [5, 5.41) is 0. The Bertz CT molecular complexity index is 205. The van der Waals surface area contributed by atoms with Crippen LogP contribution in [-0.2, 0) is 4.79 Å². The normalized spacial score (nSPS) is 26.8. The van der Waals surface area contributed by atoms with Gasteiger partial charge in [-0.15, -0.1) is 0 Å². The van der Waals surface area contributed by atoms with Crippen LogP contribution in [0.1, 0.15) is 44.9 Å². The summed E-state index contributed by atoms with van der Waals surface area (Å²) in [6.45, 7) is 0. The second-order valence-corrected chi connectivity index (χ2v) is 4.46. The molecule has 0 aliphatic heterocycles. The summed E-state index contributed by atoms with van der Waals surface area (Å²) in [4.78, 5) is 11.6. The van der Waals surface area contributed by atoms with Crippen LogP contribution < -0.4 is 11.3 Å². The molecule has 0 aromatic rings. The number of carbonyl (C=O) groups excluding carboxylic acids is 1. The quantitative estimate of drug-likeness (QED) is 0.384. The van der Waals surface area contributed by atoms with Crippen molar-refractivity contribution in [1.29, 1.82) is 0 Å². The molecule has 3 heteroatoms. The van der Waals surface area contributed by atoms with E-state index in [1.165, 1.54) is 32.1 Å². The molecule has 3 nitrogen and oxygen atoms in total. The third-order valence-corrected chi connectivity index (χ3v) is 3.76. The van der Waals surface area contributed by atoms with E-state index >= 15 is 0 Å². The van der Waals surface area contributed by atoms with E-state index in [0.29, 0.717) is 5.92 Å². The third-order valence-electron chi connectivity index (χ3n) is 3.76. The van der Waals surface area contributed by atoms with Crippen molar-refractivity contribution < 1.29 is 4.79 Å². The number of rotatable bonds is 2. The number of hydrogen-bond donors (Lipinski definition) is 2. The number of amides is 1. The number of nitrogens with two attached hydrogens (primary N) is 1. The van der Waals surface area contributed by atoms with Gasteiger partial charge in [-0.2, -0.15) is 0 Å². The molecular formula is C10H18N2O. The molecule has 0 aromatic heterocycles. The van der Waals surface area contributed by atoms with E-state index in [9.17, 15) is 4.79 Å². The van der Waals surface area contributed by atoms with E-state index in [-0.39, 0.29) is 11.3 Å². The first-order chi connectivity index (χ1) is 6.29. The molecule has 2 fully saturated rings. The second kappa shape index (κ2) is 3.29. The van der Waals surface area contributed by atoms with E-state index in [2.05, 4.69) is 5.43 Å². The SMILES string of the molecule is NNC(=O)C1(C2CCCCC2)CC1. The molecule has 2 rings (SSSR count). The first-order valence-electron chi connectivity index (χ1n) is 5.31. The van der Waals surface area contributed by atoms with Crippen LogP contribution >= 0.6 is 0 Å². The molecule has 2 aliphatic rings. The smallest absolute Gasteiger partial charge is 0.240 e. The minimum Gasteiger partial charge on any atom is -0.294 e. The Hall–Kier alpha value is -0.570. The third kappa shape index (κ3) is 1.46. The number of nitrogens with one attached hydrogen (secondary N) is 1. The van der Waals surface area contributed by atoms with Gasteiger partial charge in [0.05, 0.1) is 5.41 Å². The fraction of sp³-hybridized carbons (Fsp3) is 0.900. The molecule has 3 N–H and O–H groups in total. The van der Waals surface area contributed by atoms with Crippen molar-refractivity contribution in [2.24, 2.45) is 17.2 Å². The van der Waals surface area contributed by atoms with Gasteiger partial charge in [-0.25, -0.2) is 5.84 Å². The van der Waals surface area contributed by atoms with Crippen LogP contribution in [-0.4, -0.2) is 5.91 Å². The first-order valence-corrected chi connectivity index (χ1v) is 5.31. The molecule has 2 saturated carbocycles. The highest BCUT2D eigenvalue weighted by molar-refractivity contribution is 5.85. The average Bonchev–Trinajstić information content (AvgIpc) is 2.99. The monoisotopic (exact) mass is 182 g/mol. The molecule has 0 saturated heterocycles. The lowest BCUT2D eigenvalue weighted by atomic mass is 9.77. The van der Waals surface area contributed by atoms with Crippen LogP contribution in [0.2, 0.25) is 0 Å². The van der Waals surface area contributed by atoms with E-state index < -0.39 is 0 Å². The molecular weight excluding hydrogens is 164 g/mol. The van der Waals surface area contributed by atoms with Crippen molar-refractivity contribution in [2.75, 3.05) is 0 Å². The number of hydrazine groups is 1. The highest BCUT2D eigenvalue weighted by atomic mass is 16.2. The highest BCUT2D eigenvalue weighted by Crippen LogP contribution is 2.56. The van der Waals surface area contributed by atoms with Crippen LogP contribution in [0, 0.1) is 11.3 Å². The maximum absolute atomic E-state index is 11.6. The Morgan fingerprint density at radius 3 is 2.31 bits per heavy atom. The highest BCUT2D eigenvalue weighted by Gasteiger charge is 2.54. The van der Waals surface area contributed by atoms with Crippen LogP contribution in [0.5, 0.6) is 0 Å². The molecule has 2 aliphatic carbocycles. The molecule has 74 valence electrons. The first kappa shape index (κ1) is 9.00. The van der Waals surface area contributed by atoms with Crippen molar-refractivity contribution in [3.05, 3.63) is 0 Å². The predicted octanol–water partition coefficient (Wildman–Crippen LogP) is 1.34. The Morgan fingerprint density at radius 1 is 1.23 bits per heavy atom. The Morgan fingerprint density at radius 2 is 1.85 bits per heavy atom. The van der Waals surface area contributed by atoms with Gasteiger partial charge in [0.1, 0.15) is 0 Å². The van der Waals surface area contributed by atoms with Gasteiger partial charge in [0.15, 0.2) is 0 Å². The molecule has 0 radical (unpaired) electrons. The minimum absolute atomic E-state index is 0.0465. The standard InChI is InChI=1S/C10H18N2O/c11-12-9(13)10(6-7-10)8-4-2-1-3-5-8/h8H,1-7,11H2,(H,12,13). The summed E-state index contributed by atoms with van der Waals surface area (Å²) in [6, 6.07) is 0. The molecule has 1 amide bonds. The lowest BCUT2D eigenvalue weighted by molar-refractivity contribution is -0.128. The Kier molecular flexibility index (Phi) is 2.28. The van der Waals surface area contributed by atoms with Gasteiger partial charge >= 0.3 is 0 Å². The summed E-state index contributed by atoms with van der Waals surface area (Å²) in [5.41, 5.74) is 2.28. The van der Waals surface area contributed by atoms with Crippen LogP contribution in [0.4, 0.5) is 0 Å². The zero-order valence-corrected chi connectivity index (χ0v) is 8.01. The van der Waals surface area contributed by atoms with Crippen LogP contribution in [0.15, 0.2) is 0 Å². The van der Waals surface area contributed by atoms with E-state index in [4.69, 9.17) is 5.84 Å². The molecule has 0 heterocycles. The summed E-state index contributed by atoms with van der Waals surface area (Å²) in [7, 11) is 0. The van der Waals surface area contributed by atoms with Gasteiger partial charge in [-0.1, -0.05) is 19.3 Å². The van der Waals surface area contributed by atoms with Gasteiger partial charge in [0.25, 0.3) is 0 Å². The maximum Gasteiger partial charge on any atom is 0.240 e. The summed E-state index contributed by atoms with van der Waals surface area (Å²) < 4.78 is 0. The van der Waals surface area contributed by atoms with Crippen molar-refractivity contribution in [3.8, 4) is 0 Å². The van der Waals surface area contributed by atoms with Gasteiger partial charge in [-0.3, -0.25) is 10.2 Å².